The lowest BCUT2D eigenvalue weighted by atomic mass is 9.83. The first kappa shape index (κ1) is 11.6. The van der Waals surface area contributed by atoms with Crippen molar-refractivity contribution >= 4 is 0 Å². The number of benzene rings is 1. The van der Waals surface area contributed by atoms with Crippen molar-refractivity contribution in [3.05, 3.63) is 35.4 Å². The summed E-state index contributed by atoms with van der Waals surface area (Å²) in [5.41, 5.74) is 8.71. The number of nitrogens with one attached hydrogen (secondary N) is 1. The summed E-state index contributed by atoms with van der Waals surface area (Å²) in [5.74, 6) is 0.680. The van der Waals surface area contributed by atoms with Crippen molar-refractivity contribution in [3.63, 3.8) is 0 Å². The summed E-state index contributed by atoms with van der Waals surface area (Å²) < 4.78 is 0. The van der Waals surface area contributed by atoms with Gasteiger partial charge in [0, 0.05) is 19.1 Å². The van der Waals surface area contributed by atoms with Crippen molar-refractivity contribution in [3.8, 4) is 0 Å². The van der Waals surface area contributed by atoms with E-state index in [0.717, 1.165) is 6.54 Å². The number of hydrogen-bond acceptors (Lipinski definition) is 2. The SMILES string of the molecule is CC(CN)NCC1CCCc2ccccc21. The first-order valence-corrected chi connectivity index (χ1v) is 6.32. The van der Waals surface area contributed by atoms with E-state index in [9.17, 15) is 0 Å². The molecule has 0 radical (unpaired) electrons. The number of nitrogens with two attached hydrogens (primary N) is 1. The topological polar surface area (TPSA) is 38.0 Å². The van der Waals surface area contributed by atoms with Crippen LogP contribution in [-0.2, 0) is 6.42 Å². The summed E-state index contributed by atoms with van der Waals surface area (Å²) in [4.78, 5) is 0. The van der Waals surface area contributed by atoms with Crippen LogP contribution < -0.4 is 11.1 Å². The summed E-state index contributed by atoms with van der Waals surface area (Å²) in [7, 11) is 0. The number of hydrogen-bond donors (Lipinski definition) is 2. The minimum Gasteiger partial charge on any atom is -0.329 e. The molecule has 2 unspecified atom stereocenters. The molecule has 16 heavy (non-hydrogen) atoms. The van der Waals surface area contributed by atoms with Crippen molar-refractivity contribution in [1.82, 2.24) is 5.32 Å². The second kappa shape index (κ2) is 5.46. The van der Waals surface area contributed by atoms with Crippen LogP contribution in [0.15, 0.2) is 24.3 Å². The van der Waals surface area contributed by atoms with Crippen LogP contribution in [0.4, 0.5) is 0 Å². The molecular weight excluding hydrogens is 196 g/mol. The Bertz CT molecular complexity index is 335. The van der Waals surface area contributed by atoms with Gasteiger partial charge in [0.2, 0.25) is 0 Å². The average molecular weight is 218 g/mol. The molecule has 2 rings (SSSR count). The number of rotatable bonds is 4. The molecular formula is C14H22N2. The second-order valence-corrected chi connectivity index (χ2v) is 4.83. The van der Waals surface area contributed by atoms with Gasteiger partial charge < -0.3 is 11.1 Å². The quantitative estimate of drug-likeness (QED) is 0.811. The van der Waals surface area contributed by atoms with Crippen LogP contribution in [0.5, 0.6) is 0 Å². The predicted molar refractivity (Wildman–Crippen MR) is 68.6 cm³/mol. The molecule has 3 N–H and O–H groups in total. The van der Waals surface area contributed by atoms with E-state index in [1.807, 2.05) is 0 Å². The molecule has 0 aliphatic heterocycles. The lowest BCUT2D eigenvalue weighted by Crippen LogP contribution is -2.36. The molecule has 2 heteroatoms. The maximum absolute atomic E-state index is 5.62. The van der Waals surface area contributed by atoms with Crippen molar-refractivity contribution in [1.29, 1.82) is 0 Å². The molecule has 0 amide bonds. The van der Waals surface area contributed by atoms with Crippen molar-refractivity contribution in [2.24, 2.45) is 5.73 Å². The molecule has 0 fully saturated rings. The molecule has 0 heterocycles. The van der Waals surface area contributed by atoms with Gasteiger partial charge >= 0.3 is 0 Å². The maximum Gasteiger partial charge on any atom is 0.0162 e. The van der Waals surface area contributed by atoms with E-state index in [4.69, 9.17) is 5.73 Å². The van der Waals surface area contributed by atoms with Crippen molar-refractivity contribution in [2.45, 2.75) is 38.1 Å². The van der Waals surface area contributed by atoms with Crippen molar-refractivity contribution < 1.29 is 0 Å². The molecule has 0 saturated carbocycles. The Kier molecular flexibility index (Phi) is 3.97. The molecule has 1 aliphatic carbocycles. The van der Waals surface area contributed by atoms with E-state index in [2.05, 4.69) is 36.5 Å². The maximum atomic E-state index is 5.62. The van der Waals surface area contributed by atoms with Crippen LogP contribution in [-0.4, -0.2) is 19.1 Å². The second-order valence-electron chi connectivity index (χ2n) is 4.83. The zero-order valence-corrected chi connectivity index (χ0v) is 10.1. The van der Waals surface area contributed by atoms with Gasteiger partial charge in [0.05, 0.1) is 0 Å². The molecule has 0 saturated heterocycles. The zero-order chi connectivity index (χ0) is 11.4. The van der Waals surface area contributed by atoms with Gasteiger partial charge in [-0.3, -0.25) is 0 Å². The molecule has 1 aliphatic rings. The van der Waals surface area contributed by atoms with Gasteiger partial charge in [-0.1, -0.05) is 24.3 Å². The Morgan fingerprint density at radius 2 is 2.25 bits per heavy atom. The normalized spacial score (nSPS) is 21.5. The van der Waals surface area contributed by atoms with Crippen LogP contribution in [0.25, 0.3) is 0 Å². The molecule has 1 aromatic carbocycles. The van der Waals surface area contributed by atoms with E-state index in [0.29, 0.717) is 18.5 Å². The van der Waals surface area contributed by atoms with E-state index < -0.39 is 0 Å². The van der Waals surface area contributed by atoms with Gasteiger partial charge in [-0.05, 0) is 43.2 Å². The highest BCUT2D eigenvalue weighted by atomic mass is 14.9. The fraction of sp³-hybridized carbons (Fsp3) is 0.571. The highest BCUT2D eigenvalue weighted by Gasteiger charge is 2.19. The summed E-state index contributed by atoms with van der Waals surface area (Å²) in [6.45, 7) is 3.93. The van der Waals surface area contributed by atoms with E-state index in [1.165, 1.54) is 19.3 Å². The first-order chi connectivity index (χ1) is 7.81. The van der Waals surface area contributed by atoms with E-state index >= 15 is 0 Å². The Morgan fingerprint density at radius 1 is 1.44 bits per heavy atom. The monoisotopic (exact) mass is 218 g/mol. The van der Waals surface area contributed by atoms with E-state index in [-0.39, 0.29) is 0 Å². The molecule has 1 aromatic rings. The smallest absolute Gasteiger partial charge is 0.0162 e. The van der Waals surface area contributed by atoms with Gasteiger partial charge in [0.1, 0.15) is 0 Å². The minimum atomic E-state index is 0.425. The highest BCUT2D eigenvalue weighted by Crippen LogP contribution is 2.30. The molecule has 0 aromatic heterocycles. The van der Waals surface area contributed by atoms with E-state index in [1.54, 1.807) is 11.1 Å². The standard InChI is InChI=1S/C14H22N2/c1-11(9-15)16-10-13-7-4-6-12-5-2-3-8-14(12)13/h2-3,5,8,11,13,16H,4,6-7,9-10,15H2,1H3. The van der Waals surface area contributed by atoms with Gasteiger partial charge in [-0.15, -0.1) is 0 Å². The zero-order valence-electron chi connectivity index (χ0n) is 10.1. The summed E-state index contributed by atoms with van der Waals surface area (Å²) in [6.07, 6.45) is 3.88. The fourth-order valence-corrected chi connectivity index (χ4v) is 2.49. The third-order valence-corrected chi connectivity index (χ3v) is 3.56. The van der Waals surface area contributed by atoms with Crippen LogP contribution in [0, 0.1) is 0 Å². The average Bonchev–Trinajstić information content (AvgIpc) is 2.35. The number of aryl methyl sites for hydroxylation is 1. The fourth-order valence-electron chi connectivity index (χ4n) is 2.49. The lowest BCUT2D eigenvalue weighted by molar-refractivity contribution is 0.468. The Morgan fingerprint density at radius 3 is 3.06 bits per heavy atom. The highest BCUT2D eigenvalue weighted by molar-refractivity contribution is 5.32. The lowest BCUT2D eigenvalue weighted by Gasteiger charge is -2.26. The van der Waals surface area contributed by atoms with Crippen LogP contribution in [0.1, 0.15) is 36.8 Å². The Hall–Kier alpha value is -0.860. The molecule has 88 valence electrons. The van der Waals surface area contributed by atoms with Gasteiger partial charge in [0.25, 0.3) is 0 Å². The Balaban J connectivity index is 2.01. The largest absolute Gasteiger partial charge is 0.329 e. The Labute approximate surface area is 98.2 Å². The summed E-state index contributed by atoms with van der Waals surface area (Å²) in [5, 5.41) is 3.52. The van der Waals surface area contributed by atoms with Gasteiger partial charge in [0.15, 0.2) is 0 Å². The minimum absolute atomic E-state index is 0.425. The van der Waals surface area contributed by atoms with Gasteiger partial charge in [-0.2, -0.15) is 0 Å². The number of fused-ring (bicyclic) bond motifs is 1. The first-order valence-electron chi connectivity index (χ1n) is 6.32. The third kappa shape index (κ3) is 2.63. The van der Waals surface area contributed by atoms with Crippen LogP contribution in [0.3, 0.4) is 0 Å². The summed E-state index contributed by atoms with van der Waals surface area (Å²) in [6, 6.07) is 9.29. The summed E-state index contributed by atoms with van der Waals surface area (Å²) >= 11 is 0. The molecule has 2 nitrogen and oxygen atoms in total. The van der Waals surface area contributed by atoms with Gasteiger partial charge in [-0.25, -0.2) is 0 Å². The van der Waals surface area contributed by atoms with Crippen molar-refractivity contribution in [2.75, 3.05) is 13.1 Å². The molecule has 0 spiro atoms. The van der Waals surface area contributed by atoms with Crippen LogP contribution >= 0.6 is 0 Å². The third-order valence-electron chi connectivity index (χ3n) is 3.56. The molecule has 0 bridgehead atoms. The predicted octanol–water partition coefficient (Wildman–Crippen LogP) is 2.04. The van der Waals surface area contributed by atoms with Crippen LogP contribution in [0.2, 0.25) is 0 Å². The molecule has 2 atom stereocenters.